The van der Waals surface area contributed by atoms with Crippen LogP contribution in [-0.2, 0) is 69.4 Å². The van der Waals surface area contributed by atoms with Gasteiger partial charge in [-0.1, -0.05) is 17.7 Å². The Hall–Kier alpha value is -10.1. The van der Waals surface area contributed by atoms with Gasteiger partial charge >= 0.3 is 13.2 Å². The molecule has 9 aliphatic heterocycles. The van der Waals surface area contributed by atoms with Crippen LogP contribution < -0.4 is 41.8 Å². The van der Waals surface area contributed by atoms with E-state index in [-0.39, 0.29) is 120 Å². The number of hydrogen-bond acceptors (Lipinski definition) is 31. The maximum Gasteiger partial charge on any atom is 0.498 e. The Bertz CT molecular complexity index is 6220. The molecular weight excluding hydrogens is 1910 g/mol. The van der Waals surface area contributed by atoms with Crippen molar-refractivity contribution in [2.45, 2.75) is 174 Å². The van der Waals surface area contributed by atoms with E-state index in [2.05, 4.69) is 134 Å². The van der Waals surface area contributed by atoms with Gasteiger partial charge in [-0.3, -0.25) is 33.7 Å². The summed E-state index contributed by atoms with van der Waals surface area (Å²) >= 11 is 7.86. The van der Waals surface area contributed by atoms with E-state index in [1.54, 1.807) is 68.0 Å². The minimum absolute atomic E-state index is 0. The number of aryl methyl sites for hydroxylation is 5. The van der Waals surface area contributed by atoms with Crippen LogP contribution in [0.5, 0.6) is 0 Å². The molecule has 2 spiro atoms. The SMILES string of the molecule is C[C@@H]1OCC2(CCN(c3cnc4c(I)nn(C5CCCCO5)c4n3)CC2)[C@@H]1NC(=O)OC(C)(C)C.C[C@@H]1OCC2(CCN(c3cnc4c(n3)CN=C4N3CCNc4nc(-c5cnn(C)c5)ccc43)CC2)[C@@H]1N.Clc1ccc2nccnc2n1.Cn1cc(-c2ccc3c(n2)NCCC3)cn1.Cn1cc(-c2ccc3nccnc3n2)cn1.Cn1cc(B2OC(C)(C)C(C)(C)O2)cn1.S.S.S.S. The largest absolute Gasteiger partial charge is 0.498 e. The topological polar surface area (TPSA) is 400 Å². The lowest BCUT2D eigenvalue weighted by Gasteiger charge is -2.42. The van der Waals surface area contributed by atoms with Crippen molar-refractivity contribution in [2.75, 3.05) is 91.0 Å². The molecule has 0 bridgehead atoms. The van der Waals surface area contributed by atoms with Gasteiger partial charge in [-0.05, 0) is 191 Å². The number of halogens is 2. The lowest BCUT2D eigenvalue weighted by atomic mass is 9.73. The Morgan fingerprint density at radius 1 is 0.597 bits per heavy atom. The van der Waals surface area contributed by atoms with Gasteiger partial charge in [0.15, 0.2) is 38.5 Å². The van der Waals surface area contributed by atoms with Gasteiger partial charge in [0.25, 0.3) is 0 Å². The second-order valence-corrected chi connectivity index (χ2v) is 37.7. The number of nitrogens with two attached hydrogens (primary N) is 1. The predicted molar refractivity (Wildman–Crippen MR) is 547 cm³/mol. The third kappa shape index (κ3) is 22.8. The first-order chi connectivity index (χ1) is 62.5. The Labute approximate surface area is 825 Å². The second-order valence-electron chi connectivity index (χ2n) is 36.3. The van der Waals surface area contributed by atoms with Crippen LogP contribution in [0.15, 0.2) is 140 Å². The van der Waals surface area contributed by atoms with E-state index in [0.29, 0.717) is 29.6 Å². The van der Waals surface area contributed by atoms with E-state index in [1.165, 1.54) is 12.0 Å². The Kier molecular flexibility index (Phi) is 32.6. The second kappa shape index (κ2) is 43.1. The predicted octanol–water partition coefficient (Wildman–Crippen LogP) is 11.9. The fraction of sp³-hybridized carbons (Fsp3) is 0.478. The first-order valence-corrected chi connectivity index (χ1v) is 45.7. The zero-order valence-electron chi connectivity index (χ0n) is 77.6. The highest BCUT2D eigenvalue weighted by atomic mass is 127. The number of fused-ring (bicyclic) bond motifs is 6. The maximum atomic E-state index is 12.5. The number of amides is 1. The van der Waals surface area contributed by atoms with Crippen LogP contribution >= 0.6 is 88.2 Å². The quantitative estimate of drug-likeness (QED) is 0.0623. The number of ether oxygens (including phenoxy) is 4. The van der Waals surface area contributed by atoms with Crippen molar-refractivity contribution in [3.8, 4) is 33.8 Å². The number of nitrogens with one attached hydrogen (secondary N) is 3. The van der Waals surface area contributed by atoms with Crippen LogP contribution in [0.2, 0.25) is 5.15 Å². The summed E-state index contributed by atoms with van der Waals surface area (Å²) in [5, 5.41) is 31.7. The van der Waals surface area contributed by atoms with Crippen molar-refractivity contribution < 1.29 is 33.1 Å². The third-order valence-corrected chi connectivity index (χ3v) is 26.4. The molecule has 1 amide bonds. The van der Waals surface area contributed by atoms with Crippen LogP contribution in [0.1, 0.15) is 137 Å². The number of amidine groups is 1. The van der Waals surface area contributed by atoms with Crippen molar-refractivity contribution in [3.05, 3.63) is 161 Å². The first-order valence-electron chi connectivity index (χ1n) is 44.3. The van der Waals surface area contributed by atoms with Crippen molar-refractivity contribution in [2.24, 2.45) is 49.7 Å². The molecule has 13 aromatic heterocycles. The smallest absolute Gasteiger partial charge is 0.444 e. The minimum atomic E-state index is -0.534. The summed E-state index contributed by atoms with van der Waals surface area (Å²) in [5.74, 6) is 4.53. The minimum Gasteiger partial charge on any atom is -0.444 e. The first kappa shape index (κ1) is 101. The van der Waals surface area contributed by atoms with Crippen molar-refractivity contribution in [3.63, 3.8) is 0 Å². The molecule has 712 valence electrons. The molecule has 0 radical (unpaired) electrons. The molecule has 134 heavy (non-hydrogen) atoms. The lowest BCUT2D eigenvalue weighted by molar-refractivity contribution is -0.0372. The number of nitrogens with zero attached hydrogens (tertiary/aromatic N) is 26. The molecule has 5 N–H and O–H groups in total. The van der Waals surface area contributed by atoms with Gasteiger partial charge in [-0.2, -0.15) is 79.5 Å². The zero-order chi connectivity index (χ0) is 90.8. The fourth-order valence-corrected chi connectivity index (χ4v) is 18.3. The number of piperidine rings is 2. The maximum absolute atomic E-state index is 12.5. The van der Waals surface area contributed by atoms with Crippen LogP contribution in [0, 0.1) is 14.5 Å². The molecule has 1 unspecified atom stereocenters. The monoisotopic (exact) mass is 2030 g/mol. The molecule has 9 aliphatic rings. The number of anilines is 5. The molecule has 0 aliphatic carbocycles. The average molecular weight is 2030 g/mol. The highest BCUT2D eigenvalue weighted by Crippen LogP contribution is 2.46. The van der Waals surface area contributed by atoms with Crippen LogP contribution in [-0.4, -0.2) is 234 Å². The summed E-state index contributed by atoms with van der Waals surface area (Å²) in [6, 6.07) is 15.7. The number of carbonyl (C=O) groups excluding carboxylic acids is 1. The number of aromatic nitrogens is 22. The molecule has 0 saturated carbocycles. The van der Waals surface area contributed by atoms with Gasteiger partial charge in [-0.15, -0.1) is 0 Å². The standard InChI is InChI=1S/C26H32N10O.C24H35IN6O4.C12H14N4.C11H9N5.C10H17BN2O2.C7H4ClN3.4H2S/c1-16-23(27)26(15-37-16)5-8-35(9-6-26)21-13-29-22-19(32-21)12-30-25(22)36-10-7-28-24-20(36)4-3-18(33-24)17-11-31-34(2)14-17;1-15-19(28-22(32)35-23(2,3)4)24(14-34-15)8-10-30(11-9-24)16-13-26-18-20(25)29-31(21(18)27-16)17-7-5-6-12-33-17;1-16-8-10(7-14-16)11-5-4-9-3-2-6-13-12(9)15-11;1-16-7-8(6-14-16)9-2-3-10-11(15-9)13-5-4-12-10;1-9(2)10(3,4)15-11(14-9)8-6-12-13(5)7-8;8-6-2-1-5-7(11-6)10-4-3-9-5;;;;/h3-4,11,13-14,16,23H,5-10,12,15,27H2,1-2H3,(H,28,33);13,15,17,19H,5-12,14H2,1-4H3,(H,28,32);4-5,7-8H,2-3,6H2,1H3,(H,13,15);2-7H,1H3;6-7H,1-5H3;1-4H;4*1H2/t16-,23+;15-,17?,19+;;;;;;;;/m00......../s1. The fourth-order valence-electron chi connectivity index (χ4n) is 17.5. The summed E-state index contributed by atoms with van der Waals surface area (Å²) in [5.41, 5.74) is 20.6. The van der Waals surface area contributed by atoms with Crippen molar-refractivity contribution >= 4 is 175 Å². The van der Waals surface area contributed by atoms with E-state index in [0.717, 1.165) is 222 Å². The zero-order valence-corrected chi connectivity index (χ0v) is 84.5. The highest BCUT2D eigenvalue weighted by Gasteiger charge is 2.54. The van der Waals surface area contributed by atoms with E-state index in [4.69, 9.17) is 80.6 Å². The molecule has 22 heterocycles. The van der Waals surface area contributed by atoms with E-state index in [9.17, 15) is 4.79 Å². The molecule has 6 fully saturated rings. The molecule has 22 rings (SSSR count). The average Bonchev–Trinajstić information content (AvgIpc) is 1.58. The molecule has 6 saturated heterocycles. The molecule has 0 aromatic carbocycles. The summed E-state index contributed by atoms with van der Waals surface area (Å²) in [4.78, 5) is 78.1. The molecule has 13 aromatic rings. The van der Waals surface area contributed by atoms with E-state index >= 15 is 0 Å². The third-order valence-electron chi connectivity index (χ3n) is 25.5. The molecular formula is C90H119BClIN30O7S4. The van der Waals surface area contributed by atoms with Gasteiger partial charge < -0.3 is 64.6 Å². The van der Waals surface area contributed by atoms with Crippen molar-refractivity contribution in [1.82, 2.24) is 114 Å². The number of rotatable bonds is 8. The van der Waals surface area contributed by atoms with E-state index < -0.39 is 5.60 Å². The summed E-state index contributed by atoms with van der Waals surface area (Å²) in [6.07, 6.45) is 34.2. The Morgan fingerprint density at radius 2 is 1.15 bits per heavy atom. The number of aliphatic imine (C=N–C) groups is 1. The normalized spacial score (nSPS) is 20.1. The van der Waals surface area contributed by atoms with Gasteiger partial charge in [0, 0.05) is 175 Å². The highest BCUT2D eigenvalue weighted by molar-refractivity contribution is 14.1. The van der Waals surface area contributed by atoms with Crippen LogP contribution in [0.3, 0.4) is 0 Å². The number of hydrogen-bond donors (Lipinski definition) is 4. The number of alkyl carbamates (subject to hydrolysis) is 1. The number of carbonyl (C=O) groups is 1. The molecule has 37 nitrogen and oxygen atoms in total. The van der Waals surface area contributed by atoms with Gasteiger partial charge in [0.1, 0.15) is 50.5 Å². The lowest BCUT2D eigenvalue weighted by Crippen LogP contribution is -2.55. The Balaban J connectivity index is 0.000000143. The van der Waals surface area contributed by atoms with Crippen LogP contribution in [0.4, 0.5) is 33.8 Å². The van der Waals surface area contributed by atoms with Gasteiger partial charge in [0.05, 0.1) is 109 Å². The Morgan fingerprint density at radius 3 is 1.75 bits per heavy atom. The van der Waals surface area contributed by atoms with Crippen molar-refractivity contribution in [1.29, 1.82) is 0 Å². The number of pyridine rings is 4. The van der Waals surface area contributed by atoms with E-state index in [1.807, 2.05) is 156 Å². The molecule has 5 atom stereocenters. The van der Waals surface area contributed by atoms with Gasteiger partial charge in [-0.25, -0.2) is 59.3 Å². The summed E-state index contributed by atoms with van der Waals surface area (Å²) < 4.78 is 45.0. The van der Waals surface area contributed by atoms with Crippen LogP contribution in [0.25, 0.3) is 67.3 Å². The molecule has 44 heteroatoms. The summed E-state index contributed by atoms with van der Waals surface area (Å²) in [7, 11) is 7.29. The summed E-state index contributed by atoms with van der Waals surface area (Å²) in [6.45, 7) is 26.7. The van der Waals surface area contributed by atoms with Gasteiger partial charge in [0.2, 0.25) is 0 Å².